The average molecular weight is 330 g/mol. The molecule has 0 bridgehead atoms. The van der Waals surface area contributed by atoms with E-state index in [9.17, 15) is 19.5 Å². The minimum atomic E-state index is -0.883. The van der Waals surface area contributed by atoms with Gasteiger partial charge in [-0.3, -0.25) is 14.4 Å². The maximum Gasteiger partial charge on any atom is 0.309 e. The van der Waals surface area contributed by atoms with Crippen LogP contribution in [-0.4, -0.2) is 48.1 Å². The molecule has 1 aromatic carbocycles. The maximum atomic E-state index is 13.1. The van der Waals surface area contributed by atoms with Crippen LogP contribution < -0.4 is 4.74 Å². The van der Waals surface area contributed by atoms with Crippen LogP contribution in [0.1, 0.15) is 34.1 Å². The molecular weight excluding hydrogens is 316 g/mol. The lowest BCUT2D eigenvalue weighted by atomic mass is 9.77. The molecule has 0 unspecified atom stereocenters. The standard InChI is InChI=1S/C17H14O7/c1-6-12-14(17-10(23-6)5-11(19)24-17)16(21)13-8(15(12)20)3-7(18)4-9(13)22-2/h3-4,6,10,17-18H,5H2,1-2H3/t6-,10+,17-/m1/s1. The number of carbonyl (C=O) groups excluding carboxylic acids is 3. The second-order valence-electron chi connectivity index (χ2n) is 5.99. The van der Waals surface area contributed by atoms with E-state index in [1.165, 1.54) is 19.2 Å². The Morgan fingerprint density at radius 1 is 1.17 bits per heavy atom. The van der Waals surface area contributed by atoms with Crippen molar-refractivity contribution in [1.29, 1.82) is 0 Å². The molecular formula is C17H14O7. The highest BCUT2D eigenvalue weighted by molar-refractivity contribution is 6.29. The molecule has 1 saturated heterocycles. The number of aromatic hydroxyl groups is 1. The van der Waals surface area contributed by atoms with E-state index < -0.39 is 35.8 Å². The highest BCUT2D eigenvalue weighted by Crippen LogP contribution is 2.43. The second kappa shape index (κ2) is 4.91. The molecule has 24 heavy (non-hydrogen) atoms. The van der Waals surface area contributed by atoms with E-state index in [-0.39, 0.29) is 40.2 Å². The number of ether oxygens (including phenoxy) is 3. The zero-order valence-corrected chi connectivity index (χ0v) is 13.0. The smallest absolute Gasteiger partial charge is 0.309 e. The molecule has 0 saturated carbocycles. The van der Waals surface area contributed by atoms with Crippen LogP contribution in [0.5, 0.6) is 11.5 Å². The molecule has 124 valence electrons. The number of fused-ring (bicyclic) bond motifs is 3. The van der Waals surface area contributed by atoms with Gasteiger partial charge in [-0.1, -0.05) is 0 Å². The summed E-state index contributed by atoms with van der Waals surface area (Å²) in [5.41, 5.74) is 0.478. The van der Waals surface area contributed by atoms with Gasteiger partial charge in [0.05, 0.1) is 30.8 Å². The Bertz CT molecular complexity index is 836. The number of methoxy groups -OCH3 is 1. The molecule has 3 aliphatic rings. The van der Waals surface area contributed by atoms with Crippen LogP contribution >= 0.6 is 0 Å². The van der Waals surface area contributed by atoms with Crippen LogP contribution in [0.15, 0.2) is 23.3 Å². The van der Waals surface area contributed by atoms with Gasteiger partial charge in [-0.25, -0.2) is 0 Å². The lowest BCUT2D eigenvalue weighted by Crippen LogP contribution is -2.44. The van der Waals surface area contributed by atoms with Gasteiger partial charge >= 0.3 is 5.97 Å². The van der Waals surface area contributed by atoms with Crippen molar-refractivity contribution in [1.82, 2.24) is 0 Å². The molecule has 2 heterocycles. The normalized spacial score (nSPS) is 28.2. The van der Waals surface area contributed by atoms with E-state index in [2.05, 4.69) is 0 Å². The summed E-state index contributed by atoms with van der Waals surface area (Å²) in [5.74, 6) is -1.39. The van der Waals surface area contributed by atoms with E-state index in [0.29, 0.717) is 0 Å². The predicted molar refractivity (Wildman–Crippen MR) is 79.2 cm³/mol. The summed E-state index contributed by atoms with van der Waals surface area (Å²) >= 11 is 0. The topological polar surface area (TPSA) is 99.1 Å². The van der Waals surface area contributed by atoms with Crippen molar-refractivity contribution in [3.63, 3.8) is 0 Å². The average Bonchev–Trinajstić information content (AvgIpc) is 2.90. The van der Waals surface area contributed by atoms with E-state index in [0.717, 1.165) is 0 Å². The van der Waals surface area contributed by atoms with Gasteiger partial charge in [-0.15, -0.1) is 0 Å². The Labute approximate surface area is 136 Å². The molecule has 1 aliphatic carbocycles. The highest BCUT2D eigenvalue weighted by Gasteiger charge is 2.51. The fourth-order valence-corrected chi connectivity index (χ4v) is 3.62. The number of phenolic OH excluding ortho intramolecular Hbond substituents is 1. The summed E-state index contributed by atoms with van der Waals surface area (Å²) in [7, 11) is 1.35. The first-order chi connectivity index (χ1) is 11.4. The van der Waals surface area contributed by atoms with Gasteiger partial charge < -0.3 is 19.3 Å². The van der Waals surface area contributed by atoms with E-state index in [1.54, 1.807) is 6.92 Å². The summed E-state index contributed by atoms with van der Waals surface area (Å²) in [5, 5.41) is 9.79. The maximum absolute atomic E-state index is 13.1. The summed E-state index contributed by atoms with van der Waals surface area (Å²) in [6.07, 6.45) is -2.06. The summed E-state index contributed by atoms with van der Waals surface area (Å²) in [4.78, 5) is 37.6. The number of esters is 1. The van der Waals surface area contributed by atoms with E-state index in [1.807, 2.05) is 0 Å². The Morgan fingerprint density at radius 3 is 2.62 bits per heavy atom. The van der Waals surface area contributed by atoms with Gasteiger partial charge in [0.15, 0.2) is 17.7 Å². The number of hydrogen-bond acceptors (Lipinski definition) is 7. The van der Waals surface area contributed by atoms with Crippen molar-refractivity contribution in [2.45, 2.75) is 31.7 Å². The molecule has 0 aromatic heterocycles. The Morgan fingerprint density at radius 2 is 1.92 bits per heavy atom. The Balaban J connectivity index is 1.95. The molecule has 7 heteroatoms. The number of Topliss-reactive ketones (excluding diaryl/α,β-unsaturated/α-hetero) is 2. The molecule has 4 rings (SSSR count). The highest BCUT2D eigenvalue weighted by atomic mass is 16.6. The van der Waals surface area contributed by atoms with Gasteiger partial charge in [0.2, 0.25) is 0 Å². The monoisotopic (exact) mass is 330 g/mol. The minimum absolute atomic E-state index is 0.0484. The molecule has 2 aliphatic heterocycles. The van der Waals surface area contributed by atoms with Gasteiger partial charge in [-0.2, -0.15) is 0 Å². The molecule has 0 spiro atoms. The summed E-state index contributed by atoms with van der Waals surface area (Å²) in [6.45, 7) is 1.66. The van der Waals surface area contributed by atoms with Crippen molar-refractivity contribution in [2.24, 2.45) is 0 Å². The largest absolute Gasteiger partial charge is 0.508 e. The van der Waals surface area contributed by atoms with Crippen molar-refractivity contribution in [3.05, 3.63) is 34.4 Å². The van der Waals surface area contributed by atoms with Crippen LogP contribution in [0, 0.1) is 0 Å². The molecule has 3 atom stereocenters. The van der Waals surface area contributed by atoms with Crippen LogP contribution in [0.4, 0.5) is 0 Å². The SMILES string of the molecule is COc1cc(O)cc2c1C(=O)C1=C(C2=O)[C@@H](C)O[C@H]2CC(=O)O[C@@H]12. The second-order valence-corrected chi connectivity index (χ2v) is 5.99. The fraction of sp³-hybridized carbons (Fsp3) is 0.353. The minimum Gasteiger partial charge on any atom is -0.508 e. The first-order valence-corrected chi connectivity index (χ1v) is 7.51. The number of phenols is 1. The number of rotatable bonds is 1. The Kier molecular flexibility index (Phi) is 3.05. The molecule has 1 aromatic rings. The Hall–Kier alpha value is -2.67. The molecule has 1 fully saturated rings. The number of ketones is 2. The fourth-order valence-electron chi connectivity index (χ4n) is 3.62. The predicted octanol–water partition coefficient (Wildman–Crippen LogP) is 1.18. The summed E-state index contributed by atoms with van der Waals surface area (Å²) in [6, 6.07) is 2.51. The molecule has 0 amide bonds. The van der Waals surface area contributed by atoms with Crippen molar-refractivity contribution >= 4 is 17.5 Å². The lowest BCUT2D eigenvalue weighted by Gasteiger charge is -2.35. The van der Waals surface area contributed by atoms with Crippen molar-refractivity contribution in [2.75, 3.05) is 7.11 Å². The van der Waals surface area contributed by atoms with E-state index in [4.69, 9.17) is 14.2 Å². The van der Waals surface area contributed by atoms with Crippen molar-refractivity contribution in [3.8, 4) is 11.5 Å². The number of hydrogen-bond donors (Lipinski definition) is 1. The first-order valence-electron chi connectivity index (χ1n) is 7.51. The molecule has 7 nitrogen and oxygen atoms in total. The zero-order valence-electron chi connectivity index (χ0n) is 13.0. The van der Waals surface area contributed by atoms with Crippen LogP contribution in [0.3, 0.4) is 0 Å². The van der Waals surface area contributed by atoms with Gasteiger partial charge in [0.1, 0.15) is 17.6 Å². The van der Waals surface area contributed by atoms with Crippen LogP contribution in [0.2, 0.25) is 0 Å². The quantitative estimate of drug-likeness (QED) is 0.772. The first kappa shape index (κ1) is 14.9. The number of benzene rings is 1. The third kappa shape index (κ3) is 1.85. The van der Waals surface area contributed by atoms with Crippen molar-refractivity contribution < 1.29 is 33.7 Å². The van der Waals surface area contributed by atoms with Gasteiger partial charge in [0.25, 0.3) is 0 Å². The van der Waals surface area contributed by atoms with Crippen LogP contribution in [0.25, 0.3) is 0 Å². The van der Waals surface area contributed by atoms with Gasteiger partial charge in [-0.05, 0) is 13.0 Å². The van der Waals surface area contributed by atoms with E-state index >= 15 is 0 Å². The number of carbonyl (C=O) groups is 3. The molecule has 1 N–H and O–H groups in total. The van der Waals surface area contributed by atoms with Crippen LogP contribution in [-0.2, 0) is 14.3 Å². The molecule has 0 radical (unpaired) electrons. The lowest BCUT2D eigenvalue weighted by molar-refractivity contribution is -0.140. The third-order valence-corrected chi connectivity index (χ3v) is 4.59. The third-order valence-electron chi connectivity index (χ3n) is 4.59. The summed E-state index contributed by atoms with van der Waals surface area (Å²) < 4.78 is 16.1. The zero-order chi connectivity index (χ0) is 17.2. The van der Waals surface area contributed by atoms with Gasteiger partial charge in [0, 0.05) is 17.2 Å².